The molecule has 0 saturated heterocycles. The normalized spacial score (nSPS) is 10.2. The van der Waals surface area contributed by atoms with Crippen molar-refractivity contribution in [2.45, 2.75) is 6.61 Å². The van der Waals surface area contributed by atoms with Gasteiger partial charge in [-0.1, -0.05) is 30.3 Å². The van der Waals surface area contributed by atoms with Gasteiger partial charge < -0.3 is 10.1 Å². The number of benzene rings is 1. The molecule has 0 atom stereocenters. The van der Waals surface area contributed by atoms with E-state index in [9.17, 15) is 13.2 Å². The Bertz CT molecular complexity index is 448. The maximum atomic E-state index is 11.0. The average Bonchev–Trinajstić information content (AvgIpc) is 2.24. The molecule has 0 aromatic heterocycles. The third-order valence-electron chi connectivity index (χ3n) is 1.61. The van der Waals surface area contributed by atoms with Crippen molar-refractivity contribution in [3.05, 3.63) is 35.9 Å². The van der Waals surface area contributed by atoms with Crippen LogP contribution in [0, 0.1) is 0 Å². The fourth-order valence-electron chi connectivity index (χ4n) is 0.924. The molecule has 88 valence electrons. The molecule has 1 amide bonds. The van der Waals surface area contributed by atoms with Crippen molar-refractivity contribution in [3.8, 4) is 0 Å². The van der Waals surface area contributed by atoms with Crippen LogP contribution in [0.15, 0.2) is 30.3 Å². The number of amides is 1. The van der Waals surface area contributed by atoms with E-state index < -0.39 is 22.1 Å². The van der Waals surface area contributed by atoms with Crippen molar-refractivity contribution in [2.24, 2.45) is 0 Å². The Hall–Kier alpha value is 0.0364. The van der Waals surface area contributed by atoms with Gasteiger partial charge in [-0.3, -0.25) is 4.55 Å². The minimum atomic E-state index is -4.21. The van der Waals surface area contributed by atoms with E-state index in [1.807, 2.05) is 11.4 Å². The maximum absolute atomic E-state index is 11.0. The van der Waals surface area contributed by atoms with E-state index in [0.717, 1.165) is 5.56 Å². The largest absolute Gasteiger partial charge is 1.00 e. The molecule has 1 rings (SSSR count). The monoisotopic (exact) mass is 284 g/mol. The fourth-order valence-corrected chi connectivity index (χ4v) is 1.22. The van der Waals surface area contributed by atoms with E-state index >= 15 is 0 Å². The molecule has 1 aromatic rings. The minimum absolute atomic E-state index is 0. The SMILES string of the molecule is O=C(NCS(=O)(=O)O)OCc1ccccc1.[K+]. The van der Waals surface area contributed by atoms with Crippen LogP contribution in [0.1, 0.15) is 5.56 Å². The van der Waals surface area contributed by atoms with Gasteiger partial charge in [0.2, 0.25) is 0 Å². The zero-order valence-corrected chi connectivity index (χ0v) is 13.2. The Morgan fingerprint density at radius 3 is 2.41 bits per heavy atom. The van der Waals surface area contributed by atoms with Gasteiger partial charge in [-0.15, -0.1) is 0 Å². The predicted octanol–water partition coefficient (Wildman–Crippen LogP) is -2.24. The van der Waals surface area contributed by atoms with Crippen LogP contribution in [0.5, 0.6) is 0 Å². The van der Waals surface area contributed by atoms with Crippen LogP contribution >= 0.6 is 0 Å². The van der Waals surface area contributed by atoms with Gasteiger partial charge in [-0.25, -0.2) is 4.79 Å². The molecule has 2 N–H and O–H groups in total. The molecule has 6 nitrogen and oxygen atoms in total. The molecular formula is C9H11KNO5S+. The minimum Gasteiger partial charge on any atom is -0.445 e. The van der Waals surface area contributed by atoms with Gasteiger partial charge in [0.15, 0.2) is 0 Å². The van der Waals surface area contributed by atoms with Crippen molar-refractivity contribution in [3.63, 3.8) is 0 Å². The van der Waals surface area contributed by atoms with Crippen molar-refractivity contribution < 1.29 is 73.9 Å². The summed E-state index contributed by atoms with van der Waals surface area (Å²) in [6, 6.07) is 8.91. The molecule has 0 fully saturated rings. The number of carbonyl (C=O) groups is 1. The third-order valence-corrected chi connectivity index (χ3v) is 2.12. The van der Waals surface area contributed by atoms with Gasteiger partial charge >= 0.3 is 57.5 Å². The smallest absolute Gasteiger partial charge is 0.445 e. The second kappa shape index (κ2) is 8.19. The van der Waals surface area contributed by atoms with Crippen molar-refractivity contribution >= 4 is 16.2 Å². The summed E-state index contributed by atoms with van der Waals surface area (Å²) in [5.41, 5.74) is 0.782. The first kappa shape index (κ1) is 17.0. The zero-order valence-electron chi connectivity index (χ0n) is 9.29. The molecule has 17 heavy (non-hydrogen) atoms. The number of hydrogen-bond acceptors (Lipinski definition) is 4. The van der Waals surface area contributed by atoms with Crippen molar-refractivity contribution in [1.82, 2.24) is 5.32 Å². The molecule has 0 saturated carbocycles. The van der Waals surface area contributed by atoms with Gasteiger partial charge in [0.1, 0.15) is 12.5 Å². The summed E-state index contributed by atoms with van der Waals surface area (Å²) in [6.45, 7) is 0.0398. The van der Waals surface area contributed by atoms with Gasteiger partial charge in [0.25, 0.3) is 10.1 Å². The molecule has 0 spiro atoms. The van der Waals surface area contributed by atoms with Gasteiger partial charge in [-0.05, 0) is 5.56 Å². The Morgan fingerprint density at radius 2 is 1.88 bits per heavy atom. The predicted molar refractivity (Wildman–Crippen MR) is 56.2 cm³/mol. The Balaban J connectivity index is 0.00000256. The van der Waals surface area contributed by atoms with Crippen LogP contribution in [0.4, 0.5) is 4.79 Å². The summed E-state index contributed by atoms with van der Waals surface area (Å²) >= 11 is 0. The van der Waals surface area contributed by atoms with Crippen LogP contribution in [0.25, 0.3) is 0 Å². The Labute approximate surface area is 142 Å². The molecule has 0 aliphatic heterocycles. The number of rotatable bonds is 4. The summed E-state index contributed by atoms with van der Waals surface area (Å²) in [5.74, 6) is -0.860. The quantitative estimate of drug-likeness (QED) is 0.482. The molecule has 0 aliphatic carbocycles. The molecule has 8 heteroatoms. The maximum Gasteiger partial charge on any atom is 1.00 e. The van der Waals surface area contributed by atoms with Crippen LogP contribution < -0.4 is 56.7 Å². The number of alkyl carbamates (subject to hydrolysis) is 1. The van der Waals surface area contributed by atoms with E-state index in [-0.39, 0.29) is 58.0 Å². The van der Waals surface area contributed by atoms with Crippen LogP contribution in [0.2, 0.25) is 0 Å². The summed E-state index contributed by atoms with van der Waals surface area (Å²) in [7, 11) is -4.21. The number of nitrogens with one attached hydrogen (secondary N) is 1. The molecule has 0 bridgehead atoms. The van der Waals surface area contributed by atoms with Gasteiger partial charge in [0, 0.05) is 0 Å². The average molecular weight is 284 g/mol. The topological polar surface area (TPSA) is 92.7 Å². The molecule has 0 heterocycles. The summed E-state index contributed by atoms with van der Waals surface area (Å²) in [5, 5.41) is 1.89. The first-order valence-corrected chi connectivity index (χ1v) is 5.98. The third kappa shape index (κ3) is 8.72. The molecule has 0 unspecified atom stereocenters. The van der Waals surface area contributed by atoms with Gasteiger partial charge in [-0.2, -0.15) is 8.42 Å². The summed E-state index contributed by atoms with van der Waals surface area (Å²) < 4.78 is 33.6. The van der Waals surface area contributed by atoms with Crippen LogP contribution in [-0.4, -0.2) is 24.9 Å². The molecule has 0 aliphatic rings. The number of carbonyl (C=O) groups excluding carboxylic acids is 1. The van der Waals surface area contributed by atoms with E-state index in [2.05, 4.69) is 0 Å². The fraction of sp³-hybridized carbons (Fsp3) is 0.222. The summed E-state index contributed by atoms with van der Waals surface area (Å²) in [6.07, 6.45) is -0.901. The van der Waals surface area contributed by atoms with Crippen molar-refractivity contribution in [1.29, 1.82) is 0 Å². The molecule has 0 radical (unpaired) electrons. The van der Waals surface area contributed by atoms with E-state index in [0.29, 0.717) is 0 Å². The molecular weight excluding hydrogens is 273 g/mol. The van der Waals surface area contributed by atoms with Crippen LogP contribution in [-0.2, 0) is 21.5 Å². The van der Waals surface area contributed by atoms with E-state index in [1.54, 1.807) is 24.3 Å². The standard InChI is InChI=1S/C9H11NO5S.K/c11-9(10-7-16(12,13)14)15-6-8-4-2-1-3-5-8;/h1-5H,6-7H2,(H,10,11)(H,12,13,14);/q;+1. The van der Waals surface area contributed by atoms with Crippen LogP contribution in [0.3, 0.4) is 0 Å². The molecule has 1 aromatic carbocycles. The van der Waals surface area contributed by atoms with Gasteiger partial charge in [0.05, 0.1) is 0 Å². The number of hydrogen-bond donors (Lipinski definition) is 2. The second-order valence-corrected chi connectivity index (χ2v) is 4.42. The first-order valence-electron chi connectivity index (χ1n) is 4.37. The Morgan fingerprint density at radius 1 is 1.29 bits per heavy atom. The first-order chi connectivity index (χ1) is 7.47. The Kier molecular flexibility index (Phi) is 8.21. The zero-order chi connectivity index (χ0) is 12.0. The van der Waals surface area contributed by atoms with E-state index in [1.165, 1.54) is 0 Å². The van der Waals surface area contributed by atoms with E-state index in [4.69, 9.17) is 9.29 Å². The number of ether oxygens (including phenoxy) is 1. The second-order valence-electron chi connectivity index (χ2n) is 2.96. The van der Waals surface area contributed by atoms with Crippen molar-refractivity contribution in [2.75, 3.05) is 5.88 Å². The summed E-state index contributed by atoms with van der Waals surface area (Å²) in [4.78, 5) is 11.0.